The number of carbonyl (C=O) groups excluding carboxylic acids is 1. The van der Waals surface area contributed by atoms with Crippen LogP contribution in [0.2, 0.25) is 0 Å². The van der Waals surface area contributed by atoms with Crippen molar-refractivity contribution in [3.05, 3.63) is 51.6 Å². The van der Waals surface area contributed by atoms with Gasteiger partial charge in [0.1, 0.15) is 23.4 Å². The van der Waals surface area contributed by atoms with Gasteiger partial charge in [0.2, 0.25) is 0 Å². The molecule has 0 unspecified atom stereocenters. The molecule has 0 radical (unpaired) electrons. The number of nitro groups is 1. The number of nitrogens with zero attached hydrogens (tertiary/aromatic N) is 1. The topological polar surface area (TPSA) is 109 Å². The third-order valence-electron chi connectivity index (χ3n) is 4.58. The van der Waals surface area contributed by atoms with Crippen molar-refractivity contribution in [3.63, 3.8) is 0 Å². The van der Waals surface area contributed by atoms with Crippen LogP contribution in [-0.4, -0.2) is 37.3 Å². The Morgan fingerprint density at radius 3 is 2.77 bits per heavy atom. The summed E-state index contributed by atoms with van der Waals surface area (Å²) in [6.07, 6.45) is 0.921. The van der Waals surface area contributed by atoms with E-state index < -0.39 is 10.8 Å². The van der Waals surface area contributed by atoms with Gasteiger partial charge in [0.15, 0.2) is 12.4 Å². The molecule has 0 saturated heterocycles. The maximum absolute atomic E-state index is 12.2. The molecule has 1 amide bonds. The molecule has 9 nitrogen and oxygen atoms in total. The van der Waals surface area contributed by atoms with Gasteiger partial charge in [-0.05, 0) is 38.1 Å². The summed E-state index contributed by atoms with van der Waals surface area (Å²) >= 11 is 0. The highest BCUT2D eigenvalue weighted by Gasteiger charge is 2.22. The van der Waals surface area contributed by atoms with Crippen molar-refractivity contribution in [1.29, 1.82) is 0 Å². The van der Waals surface area contributed by atoms with Crippen LogP contribution in [0.3, 0.4) is 0 Å². The molecule has 30 heavy (non-hydrogen) atoms. The number of hydrogen-bond donors (Lipinski definition) is 1. The summed E-state index contributed by atoms with van der Waals surface area (Å²) in [4.78, 5) is 22.9. The Morgan fingerprint density at radius 2 is 2.07 bits per heavy atom. The highest BCUT2D eigenvalue weighted by Crippen LogP contribution is 2.35. The molecule has 1 aliphatic heterocycles. The zero-order chi connectivity index (χ0) is 21.7. The first-order chi connectivity index (χ1) is 14.4. The van der Waals surface area contributed by atoms with E-state index in [2.05, 4.69) is 5.32 Å². The van der Waals surface area contributed by atoms with E-state index in [4.69, 9.17) is 18.9 Å². The van der Waals surface area contributed by atoms with Crippen LogP contribution in [-0.2, 0) is 17.8 Å². The second kappa shape index (κ2) is 9.34. The summed E-state index contributed by atoms with van der Waals surface area (Å²) in [6.45, 7) is 4.24. The van der Waals surface area contributed by atoms with E-state index in [1.807, 2.05) is 26.0 Å². The fourth-order valence-corrected chi connectivity index (χ4v) is 3.19. The molecule has 3 rings (SSSR count). The van der Waals surface area contributed by atoms with E-state index in [0.717, 1.165) is 23.3 Å². The number of amides is 1. The van der Waals surface area contributed by atoms with Crippen LogP contribution in [0.25, 0.3) is 0 Å². The van der Waals surface area contributed by atoms with Gasteiger partial charge in [-0.15, -0.1) is 0 Å². The van der Waals surface area contributed by atoms with Crippen molar-refractivity contribution < 1.29 is 28.7 Å². The minimum Gasteiger partial charge on any atom is -0.496 e. The highest BCUT2D eigenvalue weighted by molar-refractivity contribution is 5.77. The second-order valence-corrected chi connectivity index (χ2v) is 6.79. The Kier molecular flexibility index (Phi) is 6.61. The van der Waals surface area contributed by atoms with E-state index in [-0.39, 0.29) is 30.7 Å². The van der Waals surface area contributed by atoms with Gasteiger partial charge in [-0.1, -0.05) is 0 Å². The van der Waals surface area contributed by atoms with Crippen LogP contribution in [0.4, 0.5) is 5.69 Å². The molecule has 1 N–H and O–H groups in total. The van der Waals surface area contributed by atoms with Crippen LogP contribution in [0.5, 0.6) is 23.0 Å². The van der Waals surface area contributed by atoms with Gasteiger partial charge in [0.05, 0.1) is 24.7 Å². The van der Waals surface area contributed by atoms with Crippen molar-refractivity contribution in [2.75, 3.05) is 20.3 Å². The molecule has 2 aromatic carbocycles. The number of hydrogen-bond acceptors (Lipinski definition) is 7. The van der Waals surface area contributed by atoms with Crippen LogP contribution in [0.15, 0.2) is 30.3 Å². The molecule has 0 saturated carbocycles. The first kappa shape index (κ1) is 21.2. The lowest BCUT2D eigenvalue weighted by Gasteiger charge is -2.14. The van der Waals surface area contributed by atoms with Gasteiger partial charge < -0.3 is 24.3 Å². The van der Waals surface area contributed by atoms with E-state index in [1.54, 1.807) is 0 Å². The van der Waals surface area contributed by atoms with E-state index in [0.29, 0.717) is 18.1 Å². The Labute approximate surface area is 174 Å². The third kappa shape index (κ3) is 4.91. The molecule has 0 aromatic heterocycles. The van der Waals surface area contributed by atoms with Gasteiger partial charge in [0, 0.05) is 24.1 Å². The second-order valence-electron chi connectivity index (χ2n) is 6.79. The molecule has 1 aliphatic rings. The number of carbonyl (C=O) groups is 1. The molecule has 0 spiro atoms. The minimum absolute atomic E-state index is 0.00845. The van der Waals surface area contributed by atoms with Crippen molar-refractivity contribution in [1.82, 2.24) is 5.32 Å². The van der Waals surface area contributed by atoms with Crippen LogP contribution in [0.1, 0.15) is 25.0 Å². The molecule has 160 valence electrons. The molecular weight excluding hydrogens is 392 g/mol. The smallest absolute Gasteiger partial charge is 0.314 e. The van der Waals surface area contributed by atoms with E-state index in [9.17, 15) is 14.9 Å². The summed E-state index contributed by atoms with van der Waals surface area (Å²) in [6, 6.07) is 7.99. The first-order valence-electron chi connectivity index (χ1n) is 9.58. The number of nitrogens with one attached hydrogen (secondary N) is 1. The molecule has 0 bridgehead atoms. The fraction of sp³-hybridized carbons (Fsp3) is 0.381. The minimum atomic E-state index is -0.588. The average molecular weight is 416 g/mol. The number of benzene rings is 2. The normalized spacial score (nSPS) is 14.4. The predicted molar refractivity (Wildman–Crippen MR) is 108 cm³/mol. The standard InChI is InChI=1S/C21H24N2O7/c1-4-28-19-8-14-7-13(2)30-20(14)9-15(19)11-22-21(24)12-29-18-6-5-16(27-3)10-17(18)23(25)26/h5-6,8-10,13H,4,7,11-12H2,1-3H3,(H,22,24)/t13-/m0/s1. The molecule has 1 atom stereocenters. The Hall–Kier alpha value is -3.49. The Bertz CT molecular complexity index is 945. The van der Waals surface area contributed by atoms with Crippen molar-refractivity contribution in [3.8, 4) is 23.0 Å². The summed E-state index contributed by atoms with van der Waals surface area (Å²) in [5.41, 5.74) is 1.59. The quantitative estimate of drug-likeness (QED) is 0.494. The van der Waals surface area contributed by atoms with E-state index >= 15 is 0 Å². The number of methoxy groups -OCH3 is 1. The predicted octanol–water partition coefficient (Wildman–Crippen LogP) is 3.02. The molecule has 2 aromatic rings. The number of fused-ring (bicyclic) bond motifs is 1. The average Bonchev–Trinajstić information content (AvgIpc) is 3.09. The van der Waals surface area contributed by atoms with Crippen LogP contribution >= 0.6 is 0 Å². The summed E-state index contributed by atoms with van der Waals surface area (Å²) in [5, 5.41) is 14.0. The largest absolute Gasteiger partial charge is 0.496 e. The zero-order valence-corrected chi connectivity index (χ0v) is 17.1. The Morgan fingerprint density at radius 1 is 1.27 bits per heavy atom. The monoisotopic (exact) mass is 416 g/mol. The highest BCUT2D eigenvalue weighted by atomic mass is 16.6. The van der Waals surface area contributed by atoms with Crippen molar-refractivity contribution in [2.45, 2.75) is 32.9 Å². The first-order valence-corrected chi connectivity index (χ1v) is 9.58. The van der Waals surface area contributed by atoms with Crippen LogP contribution in [0, 0.1) is 10.1 Å². The van der Waals surface area contributed by atoms with Crippen LogP contribution < -0.4 is 24.3 Å². The molecule has 9 heteroatoms. The molecule has 0 fully saturated rings. The molecule has 1 heterocycles. The maximum Gasteiger partial charge on any atom is 0.314 e. The summed E-state index contributed by atoms with van der Waals surface area (Å²) < 4.78 is 21.8. The Balaban J connectivity index is 1.63. The lowest BCUT2D eigenvalue weighted by molar-refractivity contribution is -0.385. The lowest BCUT2D eigenvalue weighted by atomic mass is 10.1. The van der Waals surface area contributed by atoms with Gasteiger partial charge in [-0.25, -0.2) is 0 Å². The van der Waals surface area contributed by atoms with Gasteiger partial charge in [0.25, 0.3) is 5.91 Å². The molecule has 0 aliphatic carbocycles. The number of rotatable bonds is 9. The number of ether oxygens (including phenoxy) is 4. The van der Waals surface area contributed by atoms with Crippen molar-refractivity contribution in [2.24, 2.45) is 0 Å². The van der Waals surface area contributed by atoms with Crippen molar-refractivity contribution >= 4 is 11.6 Å². The SMILES string of the molecule is CCOc1cc2c(cc1CNC(=O)COc1ccc(OC)cc1[N+](=O)[O-])O[C@@H](C)C2. The van der Waals surface area contributed by atoms with Gasteiger partial charge in [-0.3, -0.25) is 14.9 Å². The summed E-state index contributed by atoms with van der Waals surface area (Å²) in [5.74, 6) is 1.39. The maximum atomic E-state index is 12.2. The summed E-state index contributed by atoms with van der Waals surface area (Å²) in [7, 11) is 1.41. The molecular formula is C21H24N2O7. The lowest BCUT2D eigenvalue weighted by Crippen LogP contribution is -2.28. The zero-order valence-electron chi connectivity index (χ0n) is 17.1. The number of nitro benzene ring substituents is 1. The third-order valence-corrected chi connectivity index (χ3v) is 4.58. The van der Waals surface area contributed by atoms with E-state index in [1.165, 1.54) is 25.3 Å². The van der Waals surface area contributed by atoms with Gasteiger partial charge in [-0.2, -0.15) is 0 Å². The van der Waals surface area contributed by atoms with Gasteiger partial charge >= 0.3 is 5.69 Å². The fourth-order valence-electron chi connectivity index (χ4n) is 3.19.